The van der Waals surface area contributed by atoms with Crippen LogP contribution in [0.25, 0.3) is 17.0 Å². The number of carbonyl (C=O) groups is 3. The predicted octanol–water partition coefficient (Wildman–Crippen LogP) is 6.19. The summed E-state index contributed by atoms with van der Waals surface area (Å²) in [6.45, 7) is 1.69. The van der Waals surface area contributed by atoms with Crippen molar-refractivity contribution in [3.05, 3.63) is 124 Å². The van der Waals surface area contributed by atoms with Crippen LogP contribution < -0.4 is 20.3 Å². The third kappa shape index (κ3) is 8.69. The second-order valence-corrected chi connectivity index (χ2v) is 11.3. The van der Waals surface area contributed by atoms with Crippen LogP contribution in [0, 0.1) is 6.92 Å². The Labute approximate surface area is 281 Å². The molecule has 12 heteroatoms. The van der Waals surface area contributed by atoms with Crippen LogP contribution in [0.4, 0.5) is 11.5 Å². The fourth-order valence-corrected chi connectivity index (χ4v) is 5.16. The number of hydrogen-bond acceptors (Lipinski definition) is 7. The molecule has 0 unspecified atom stereocenters. The Morgan fingerprint density at radius 2 is 1.79 bits per heavy atom. The van der Waals surface area contributed by atoms with Gasteiger partial charge >= 0.3 is 0 Å². The molecule has 3 aromatic heterocycles. The van der Waals surface area contributed by atoms with Crippen molar-refractivity contribution in [2.24, 2.45) is 0 Å². The normalized spacial score (nSPS) is 11.0. The smallest absolute Gasteiger partial charge is 0.246 e. The van der Waals surface area contributed by atoms with Crippen LogP contribution in [-0.2, 0) is 27.4 Å². The quantitative estimate of drug-likeness (QED) is 0.161. The molecule has 0 aliphatic heterocycles. The SMILES string of the molecule is Cc1ccc2cccc(OCc3c(Cl)ccc(N(C)C(=O)CNC(=O)/C=C/c4ccc(NC(=O)Cc5ccncc5)nc4)c3Cl)c2n1. The van der Waals surface area contributed by atoms with Gasteiger partial charge in [0.2, 0.25) is 17.7 Å². The Morgan fingerprint density at radius 3 is 2.55 bits per heavy atom. The average Bonchev–Trinajstić information content (AvgIpc) is 3.07. The molecule has 2 N–H and O–H groups in total. The van der Waals surface area contributed by atoms with Crippen molar-refractivity contribution in [3.63, 3.8) is 0 Å². The molecule has 0 atom stereocenters. The molecule has 3 heterocycles. The van der Waals surface area contributed by atoms with E-state index in [0.29, 0.717) is 33.4 Å². The zero-order valence-corrected chi connectivity index (χ0v) is 27.0. The number of aryl methyl sites for hydroxylation is 1. The van der Waals surface area contributed by atoms with E-state index in [4.69, 9.17) is 27.9 Å². The monoisotopic (exact) mass is 668 g/mol. The van der Waals surface area contributed by atoms with Crippen LogP contribution in [0.1, 0.15) is 22.4 Å². The Morgan fingerprint density at radius 1 is 0.979 bits per heavy atom. The summed E-state index contributed by atoms with van der Waals surface area (Å²) in [7, 11) is 1.56. The van der Waals surface area contributed by atoms with Gasteiger partial charge in [0.05, 0.1) is 23.7 Å². The summed E-state index contributed by atoms with van der Waals surface area (Å²) in [5.74, 6) is -0.115. The first-order valence-corrected chi connectivity index (χ1v) is 15.3. The number of rotatable bonds is 11. The van der Waals surface area contributed by atoms with Gasteiger partial charge in [-0.05, 0) is 72.7 Å². The number of carbonyl (C=O) groups excluding carboxylic acids is 3. The number of halogens is 2. The van der Waals surface area contributed by atoms with Crippen molar-refractivity contribution in [2.75, 3.05) is 23.8 Å². The second-order valence-electron chi connectivity index (χ2n) is 10.5. The lowest BCUT2D eigenvalue weighted by Crippen LogP contribution is -2.37. The van der Waals surface area contributed by atoms with Crippen molar-refractivity contribution < 1.29 is 19.1 Å². The minimum Gasteiger partial charge on any atom is -0.487 e. The van der Waals surface area contributed by atoms with E-state index in [0.717, 1.165) is 22.2 Å². The number of anilines is 2. The highest BCUT2D eigenvalue weighted by molar-refractivity contribution is 6.38. The molecule has 0 aliphatic carbocycles. The predicted molar refractivity (Wildman–Crippen MR) is 184 cm³/mol. The van der Waals surface area contributed by atoms with Gasteiger partial charge in [0.25, 0.3) is 0 Å². The molecule has 0 fully saturated rings. The molecule has 0 bridgehead atoms. The summed E-state index contributed by atoms with van der Waals surface area (Å²) in [5.41, 5.74) is 3.98. The second kappa shape index (κ2) is 15.3. The highest BCUT2D eigenvalue weighted by atomic mass is 35.5. The molecule has 5 aromatic rings. The number of hydrogen-bond donors (Lipinski definition) is 2. The lowest BCUT2D eigenvalue weighted by atomic mass is 10.1. The molecule has 238 valence electrons. The van der Waals surface area contributed by atoms with Gasteiger partial charge in [0.1, 0.15) is 23.7 Å². The average molecular weight is 670 g/mol. The Bertz CT molecular complexity index is 1950. The molecule has 0 radical (unpaired) electrons. The van der Waals surface area contributed by atoms with Crippen LogP contribution in [0.2, 0.25) is 10.0 Å². The minimum atomic E-state index is -0.475. The van der Waals surface area contributed by atoms with E-state index >= 15 is 0 Å². The first kappa shape index (κ1) is 33.1. The van der Waals surface area contributed by atoms with Crippen molar-refractivity contribution in [1.29, 1.82) is 0 Å². The Hall–Kier alpha value is -5.32. The van der Waals surface area contributed by atoms with Crippen LogP contribution in [0.3, 0.4) is 0 Å². The number of fused-ring (bicyclic) bond motifs is 1. The van der Waals surface area contributed by atoms with E-state index in [1.54, 1.807) is 61.9 Å². The maximum absolute atomic E-state index is 13.0. The summed E-state index contributed by atoms with van der Waals surface area (Å²) in [5, 5.41) is 6.89. The zero-order valence-electron chi connectivity index (χ0n) is 25.5. The Kier molecular flexibility index (Phi) is 10.8. The molecule has 0 saturated heterocycles. The zero-order chi connectivity index (χ0) is 33.3. The highest BCUT2D eigenvalue weighted by Crippen LogP contribution is 2.35. The lowest BCUT2D eigenvalue weighted by Gasteiger charge is -2.21. The standard InChI is InChI=1S/C35H30Cl2N6O4/c1-22-6-9-25-4-3-5-29(35(25)41-22)47-21-26-27(36)10-11-28(34(26)37)43(2)33(46)20-40-31(44)13-8-24-7-12-30(39-19-24)42-32(45)18-23-14-16-38-17-15-23/h3-17,19H,18,20-21H2,1-2H3,(H,40,44)(H,39,42,45)/b13-8+. The van der Waals surface area contributed by atoms with Gasteiger partial charge < -0.3 is 20.3 Å². The van der Waals surface area contributed by atoms with E-state index in [-0.39, 0.29) is 30.5 Å². The van der Waals surface area contributed by atoms with Gasteiger partial charge in [-0.25, -0.2) is 9.97 Å². The molecule has 5 rings (SSSR count). The summed E-state index contributed by atoms with van der Waals surface area (Å²) in [6.07, 6.45) is 7.81. The molecular weight excluding hydrogens is 639 g/mol. The summed E-state index contributed by atoms with van der Waals surface area (Å²) < 4.78 is 6.08. The van der Waals surface area contributed by atoms with Crippen LogP contribution >= 0.6 is 23.2 Å². The number of aromatic nitrogens is 3. The first-order chi connectivity index (χ1) is 22.7. The lowest BCUT2D eigenvalue weighted by molar-refractivity contribution is -0.122. The maximum atomic E-state index is 13.0. The minimum absolute atomic E-state index is 0.0532. The molecule has 0 aliphatic rings. The number of amides is 3. The van der Waals surface area contributed by atoms with Crippen LogP contribution in [0.5, 0.6) is 5.75 Å². The van der Waals surface area contributed by atoms with Crippen LogP contribution in [-0.4, -0.2) is 46.3 Å². The van der Waals surface area contributed by atoms with Gasteiger partial charge in [0.15, 0.2) is 0 Å². The van der Waals surface area contributed by atoms with Gasteiger partial charge in [-0.2, -0.15) is 0 Å². The summed E-state index contributed by atoms with van der Waals surface area (Å²) in [6, 6.07) is 19.7. The van der Waals surface area contributed by atoms with Crippen molar-refractivity contribution >= 4 is 69.4 Å². The molecule has 0 spiro atoms. The largest absolute Gasteiger partial charge is 0.487 e. The number of ether oxygens (including phenoxy) is 1. The van der Waals surface area contributed by atoms with Crippen LogP contribution in [0.15, 0.2) is 91.4 Å². The Balaban J connectivity index is 1.14. The summed E-state index contributed by atoms with van der Waals surface area (Å²) >= 11 is 13.2. The van der Waals surface area contributed by atoms with Gasteiger partial charge in [0, 0.05) is 53.4 Å². The highest BCUT2D eigenvalue weighted by Gasteiger charge is 2.19. The van der Waals surface area contributed by atoms with Gasteiger partial charge in [-0.3, -0.25) is 19.4 Å². The van der Waals surface area contributed by atoms with E-state index in [9.17, 15) is 14.4 Å². The number of nitrogens with zero attached hydrogens (tertiary/aromatic N) is 4. The fourth-order valence-electron chi connectivity index (χ4n) is 4.56. The molecule has 47 heavy (non-hydrogen) atoms. The first-order valence-electron chi connectivity index (χ1n) is 14.5. The third-order valence-electron chi connectivity index (χ3n) is 7.10. The third-order valence-corrected chi connectivity index (χ3v) is 7.88. The molecule has 3 amide bonds. The summed E-state index contributed by atoms with van der Waals surface area (Å²) in [4.78, 5) is 51.8. The van der Waals surface area contributed by atoms with E-state index in [2.05, 4.69) is 25.6 Å². The maximum Gasteiger partial charge on any atom is 0.246 e. The number of para-hydroxylation sites is 1. The molecular formula is C35H30Cl2N6O4. The number of likely N-dealkylation sites (N-methyl/N-ethyl adjacent to an activating group) is 1. The van der Waals surface area contributed by atoms with E-state index in [1.165, 1.54) is 17.2 Å². The number of nitrogens with one attached hydrogen (secondary N) is 2. The van der Waals surface area contributed by atoms with E-state index in [1.807, 2.05) is 37.3 Å². The molecule has 10 nitrogen and oxygen atoms in total. The number of benzene rings is 2. The molecule has 0 saturated carbocycles. The van der Waals surface area contributed by atoms with Crippen molar-refractivity contribution in [3.8, 4) is 5.75 Å². The fraction of sp³-hybridized carbons (Fsp3) is 0.143. The van der Waals surface area contributed by atoms with E-state index < -0.39 is 11.8 Å². The number of pyridine rings is 3. The van der Waals surface area contributed by atoms with Crippen molar-refractivity contribution in [2.45, 2.75) is 20.0 Å². The topological polar surface area (TPSA) is 126 Å². The van der Waals surface area contributed by atoms with Gasteiger partial charge in [-0.15, -0.1) is 0 Å². The van der Waals surface area contributed by atoms with Gasteiger partial charge in [-0.1, -0.05) is 41.4 Å². The molecule has 2 aromatic carbocycles. The van der Waals surface area contributed by atoms with Crippen molar-refractivity contribution in [1.82, 2.24) is 20.3 Å².